The maximum Gasteiger partial charge on any atom is 0.187 e. The van der Waals surface area contributed by atoms with Crippen LogP contribution < -0.4 is 20.2 Å². The predicted octanol–water partition coefficient (Wildman–Crippen LogP) is 4.41. The van der Waals surface area contributed by atoms with Crippen molar-refractivity contribution in [2.24, 2.45) is 5.10 Å². The molecular weight excluding hydrogens is 401 g/mol. The van der Waals surface area contributed by atoms with Crippen molar-refractivity contribution in [2.75, 3.05) is 7.11 Å². The van der Waals surface area contributed by atoms with Crippen LogP contribution in [0.1, 0.15) is 16.7 Å². The Bertz CT molecular complexity index is 1010. The summed E-state index contributed by atoms with van der Waals surface area (Å²) < 4.78 is 24.8. The van der Waals surface area contributed by atoms with E-state index in [4.69, 9.17) is 21.7 Å². The predicted molar refractivity (Wildman–Crippen MR) is 120 cm³/mol. The second-order valence-corrected chi connectivity index (χ2v) is 6.74. The lowest BCUT2D eigenvalue weighted by Crippen LogP contribution is -2.31. The molecule has 2 N–H and O–H groups in total. The first kappa shape index (κ1) is 21.3. The average molecular weight is 424 g/mol. The maximum absolute atomic E-state index is 13.7. The lowest BCUT2D eigenvalue weighted by atomic mass is 10.2. The van der Waals surface area contributed by atoms with Crippen molar-refractivity contribution >= 4 is 23.5 Å². The average Bonchev–Trinajstić information content (AvgIpc) is 2.78. The fraction of sp³-hybridized carbons (Fsp3) is 0.130. The number of nitrogens with zero attached hydrogens (tertiary/aromatic N) is 1. The number of nitrogens with one attached hydrogen (secondary N) is 2. The van der Waals surface area contributed by atoms with Crippen molar-refractivity contribution in [3.63, 3.8) is 0 Å². The fourth-order valence-corrected chi connectivity index (χ4v) is 2.76. The van der Waals surface area contributed by atoms with Crippen LogP contribution >= 0.6 is 12.2 Å². The summed E-state index contributed by atoms with van der Waals surface area (Å²) in [5.74, 6) is 0.745. The minimum absolute atomic E-state index is 0.110. The number of ether oxygens (including phenoxy) is 2. The van der Waals surface area contributed by atoms with Crippen LogP contribution in [0.15, 0.2) is 77.9 Å². The largest absolute Gasteiger partial charge is 0.493 e. The number of methoxy groups -OCH3 is 1. The van der Waals surface area contributed by atoms with Gasteiger partial charge >= 0.3 is 0 Å². The van der Waals surface area contributed by atoms with E-state index >= 15 is 0 Å². The van der Waals surface area contributed by atoms with Crippen LogP contribution in [0, 0.1) is 5.82 Å². The Kier molecular flexibility index (Phi) is 7.74. The molecule has 3 aromatic rings. The molecule has 0 fully saturated rings. The molecule has 0 radical (unpaired) electrons. The summed E-state index contributed by atoms with van der Waals surface area (Å²) in [7, 11) is 1.55. The van der Waals surface area contributed by atoms with E-state index in [0.29, 0.717) is 28.7 Å². The van der Waals surface area contributed by atoms with Gasteiger partial charge < -0.3 is 14.8 Å². The summed E-state index contributed by atoms with van der Waals surface area (Å²) in [4.78, 5) is 0. The SMILES string of the molecule is COc1cc(/C=N/NC(=S)NCc2ccccc2)ccc1OCc1ccccc1F. The first-order valence-electron chi connectivity index (χ1n) is 9.31. The Hall–Kier alpha value is -3.45. The number of hydrogen-bond donors (Lipinski definition) is 2. The molecule has 0 aliphatic rings. The Morgan fingerprint density at radius 3 is 2.57 bits per heavy atom. The van der Waals surface area contributed by atoms with Crippen LogP contribution in [0.5, 0.6) is 11.5 Å². The van der Waals surface area contributed by atoms with Gasteiger partial charge in [0.25, 0.3) is 0 Å². The molecule has 3 aromatic carbocycles. The quantitative estimate of drug-likeness (QED) is 0.319. The van der Waals surface area contributed by atoms with Gasteiger partial charge in [0.05, 0.1) is 13.3 Å². The number of thiocarbonyl (C=S) groups is 1. The van der Waals surface area contributed by atoms with Gasteiger partial charge in [-0.25, -0.2) is 4.39 Å². The van der Waals surface area contributed by atoms with E-state index in [-0.39, 0.29) is 12.4 Å². The number of benzene rings is 3. The molecule has 0 spiro atoms. The fourth-order valence-electron chi connectivity index (χ4n) is 2.64. The Balaban J connectivity index is 1.53. The van der Waals surface area contributed by atoms with Gasteiger partial charge in [-0.1, -0.05) is 48.5 Å². The van der Waals surface area contributed by atoms with E-state index in [2.05, 4.69) is 15.8 Å². The molecule has 3 rings (SSSR count). The van der Waals surface area contributed by atoms with Crippen LogP contribution in [0.25, 0.3) is 0 Å². The van der Waals surface area contributed by atoms with Crippen molar-refractivity contribution in [3.05, 3.63) is 95.3 Å². The van der Waals surface area contributed by atoms with E-state index in [1.54, 1.807) is 43.7 Å². The highest BCUT2D eigenvalue weighted by Crippen LogP contribution is 2.28. The van der Waals surface area contributed by atoms with E-state index < -0.39 is 0 Å². The van der Waals surface area contributed by atoms with Gasteiger partial charge in [-0.15, -0.1) is 0 Å². The van der Waals surface area contributed by atoms with Gasteiger partial charge in [0.15, 0.2) is 16.6 Å². The Morgan fingerprint density at radius 2 is 1.80 bits per heavy atom. The monoisotopic (exact) mass is 423 g/mol. The molecule has 0 unspecified atom stereocenters. The molecular formula is C23H22FN3O2S. The van der Waals surface area contributed by atoms with Crippen molar-refractivity contribution < 1.29 is 13.9 Å². The molecule has 5 nitrogen and oxygen atoms in total. The highest BCUT2D eigenvalue weighted by Gasteiger charge is 2.07. The van der Waals surface area contributed by atoms with E-state index in [0.717, 1.165) is 11.1 Å². The second-order valence-electron chi connectivity index (χ2n) is 6.33. The summed E-state index contributed by atoms with van der Waals surface area (Å²) in [6.45, 7) is 0.726. The van der Waals surface area contributed by atoms with Gasteiger partial charge in [-0.3, -0.25) is 5.43 Å². The van der Waals surface area contributed by atoms with Crippen molar-refractivity contribution in [3.8, 4) is 11.5 Å². The third-order valence-corrected chi connectivity index (χ3v) is 4.44. The molecule has 0 amide bonds. The number of halogens is 1. The lowest BCUT2D eigenvalue weighted by molar-refractivity contribution is 0.279. The lowest BCUT2D eigenvalue weighted by Gasteiger charge is -2.12. The zero-order chi connectivity index (χ0) is 21.2. The molecule has 0 aromatic heterocycles. The summed E-state index contributed by atoms with van der Waals surface area (Å²) in [5.41, 5.74) is 5.18. The summed E-state index contributed by atoms with van der Waals surface area (Å²) in [6.07, 6.45) is 1.62. The second kappa shape index (κ2) is 10.9. The zero-order valence-corrected chi connectivity index (χ0v) is 17.3. The molecule has 154 valence electrons. The Labute approximate surface area is 180 Å². The van der Waals surface area contributed by atoms with Crippen LogP contribution in [0.2, 0.25) is 0 Å². The normalized spacial score (nSPS) is 10.6. The van der Waals surface area contributed by atoms with E-state index in [1.165, 1.54) is 6.07 Å². The van der Waals surface area contributed by atoms with Crippen LogP contribution in [0.4, 0.5) is 4.39 Å². The summed E-state index contributed by atoms with van der Waals surface area (Å²) in [5, 5.41) is 7.65. The molecule has 0 atom stereocenters. The minimum atomic E-state index is -0.303. The van der Waals surface area contributed by atoms with Gasteiger partial charge in [0, 0.05) is 12.1 Å². The molecule has 30 heavy (non-hydrogen) atoms. The van der Waals surface area contributed by atoms with Gasteiger partial charge in [0.1, 0.15) is 12.4 Å². The third kappa shape index (κ3) is 6.28. The molecule has 0 aliphatic heterocycles. The van der Waals surface area contributed by atoms with Gasteiger partial charge in [-0.2, -0.15) is 5.10 Å². The Morgan fingerprint density at radius 1 is 1.03 bits per heavy atom. The highest BCUT2D eigenvalue weighted by molar-refractivity contribution is 7.80. The topological polar surface area (TPSA) is 54.9 Å². The first-order chi connectivity index (χ1) is 14.7. The number of rotatable bonds is 8. The van der Waals surface area contributed by atoms with Gasteiger partial charge in [-0.05, 0) is 47.6 Å². The first-order valence-corrected chi connectivity index (χ1v) is 9.71. The maximum atomic E-state index is 13.7. The van der Waals surface area contributed by atoms with Crippen molar-refractivity contribution in [2.45, 2.75) is 13.2 Å². The summed E-state index contributed by atoms with van der Waals surface area (Å²) >= 11 is 5.22. The molecule has 7 heteroatoms. The zero-order valence-electron chi connectivity index (χ0n) is 16.5. The highest BCUT2D eigenvalue weighted by atomic mass is 32.1. The number of hydrazone groups is 1. The molecule has 0 saturated heterocycles. The van der Waals surface area contributed by atoms with E-state index in [9.17, 15) is 4.39 Å². The van der Waals surface area contributed by atoms with E-state index in [1.807, 2.05) is 36.4 Å². The molecule has 0 heterocycles. The van der Waals surface area contributed by atoms with Gasteiger partial charge in [0.2, 0.25) is 0 Å². The number of hydrogen-bond acceptors (Lipinski definition) is 4. The third-order valence-electron chi connectivity index (χ3n) is 4.20. The standard InChI is InChI=1S/C23H22FN3O2S/c1-28-22-13-18(11-12-21(22)29-16-19-9-5-6-10-20(19)24)15-26-27-23(30)25-14-17-7-3-2-4-8-17/h2-13,15H,14,16H2,1H3,(H2,25,27,30)/b26-15+. The van der Waals surface area contributed by atoms with Crippen LogP contribution in [-0.2, 0) is 13.2 Å². The minimum Gasteiger partial charge on any atom is -0.493 e. The van der Waals surface area contributed by atoms with Crippen LogP contribution in [0.3, 0.4) is 0 Å². The molecule has 0 bridgehead atoms. The van der Waals surface area contributed by atoms with Crippen LogP contribution in [-0.4, -0.2) is 18.4 Å². The summed E-state index contributed by atoms with van der Waals surface area (Å²) in [6, 6.07) is 21.8. The molecule has 0 aliphatic carbocycles. The molecule has 0 saturated carbocycles. The van der Waals surface area contributed by atoms with Crippen molar-refractivity contribution in [1.29, 1.82) is 0 Å². The van der Waals surface area contributed by atoms with Crippen molar-refractivity contribution in [1.82, 2.24) is 10.7 Å². The smallest absolute Gasteiger partial charge is 0.187 e.